The second-order valence-corrected chi connectivity index (χ2v) is 7.15. The van der Waals surface area contributed by atoms with Gasteiger partial charge >= 0.3 is 0 Å². The summed E-state index contributed by atoms with van der Waals surface area (Å²) >= 11 is 6.24. The van der Waals surface area contributed by atoms with Crippen LogP contribution >= 0.6 is 11.6 Å². The Kier molecular flexibility index (Phi) is 6.23. The van der Waals surface area contributed by atoms with Crippen LogP contribution in [0, 0.1) is 5.82 Å². The van der Waals surface area contributed by atoms with Crippen LogP contribution in [-0.4, -0.2) is 35.4 Å². The predicted molar refractivity (Wildman–Crippen MR) is 108 cm³/mol. The van der Waals surface area contributed by atoms with E-state index in [9.17, 15) is 19.1 Å². The third-order valence-electron chi connectivity index (χ3n) is 4.91. The van der Waals surface area contributed by atoms with Gasteiger partial charge in [-0.2, -0.15) is 0 Å². The second kappa shape index (κ2) is 8.66. The van der Waals surface area contributed by atoms with Gasteiger partial charge in [0, 0.05) is 12.1 Å². The molecule has 0 aromatic heterocycles. The number of halogens is 2. The number of hydrogen-bond acceptors (Lipinski definition) is 4. The van der Waals surface area contributed by atoms with E-state index in [2.05, 4.69) is 0 Å². The molecule has 0 spiro atoms. The number of unbranched alkanes of at least 4 members (excludes halogenated alkanes) is 1. The lowest BCUT2D eigenvalue weighted by Crippen LogP contribution is -2.30. The van der Waals surface area contributed by atoms with Crippen molar-refractivity contribution in [2.45, 2.75) is 25.8 Å². The van der Waals surface area contributed by atoms with Crippen molar-refractivity contribution in [2.24, 2.45) is 0 Å². The molecule has 1 fully saturated rings. The topological polar surface area (TPSA) is 66.8 Å². The number of aliphatic hydroxyl groups excluding tert-OH is 1. The molecule has 1 N–H and O–H groups in total. The van der Waals surface area contributed by atoms with E-state index in [1.54, 1.807) is 6.07 Å². The molecule has 0 aliphatic carbocycles. The molecule has 1 aliphatic rings. The van der Waals surface area contributed by atoms with Crippen LogP contribution in [-0.2, 0) is 9.59 Å². The van der Waals surface area contributed by atoms with Crippen LogP contribution in [0.15, 0.2) is 48.0 Å². The zero-order valence-corrected chi connectivity index (χ0v) is 16.9. The number of methoxy groups -OCH3 is 1. The molecule has 0 saturated carbocycles. The maximum atomic E-state index is 13.4. The number of carbonyl (C=O) groups is 2. The van der Waals surface area contributed by atoms with E-state index in [1.807, 2.05) is 6.92 Å². The molecule has 3 rings (SSSR count). The SMILES string of the molecule is CCCCN1C(=O)C(=O)/C(=C(/O)c2cc(OC)ccc2Cl)C1c1ccc(F)cc1. The maximum Gasteiger partial charge on any atom is 0.295 e. The third kappa shape index (κ3) is 3.98. The number of ketones is 1. The van der Waals surface area contributed by atoms with Crippen molar-refractivity contribution < 1.29 is 23.8 Å². The van der Waals surface area contributed by atoms with Crippen LogP contribution in [0.5, 0.6) is 5.75 Å². The highest BCUT2D eigenvalue weighted by Gasteiger charge is 2.45. The molecule has 7 heteroatoms. The summed E-state index contributed by atoms with van der Waals surface area (Å²) in [4.78, 5) is 27.0. The molecule has 152 valence electrons. The van der Waals surface area contributed by atoms with Crippen LogP contribution in [0.1, 0.15) is 36.9 Å². The molecule has 1 atom stereocenters. The normalized spacial score (nSPS) is 18.3. The summed E-state index contributed by atoms with van der Waals surface area (Å²) < 4.78 is 18.6. The van der Waals surface area contributed by atoms with Crippen molar-refractivity contribution in [3.05, 3.63) is 70.0 Å². The standard InChI is InChI=1S/C22H21ClFNO4/c1-3-4-11-25-19(13-5-7-14(24)8-6-13)18(21(27)22(25)28)20(26)16-12-15(29-2)9-10-17(16)23/h5-10,12,19,26H,3-4,11H2,1-2H3/b20-18+. The molecular formula is C22H21ClFNO4. The average Bonchev–Trinajstić information content (AvgIpc) is 2.97. The fraction of sp³-hybridized carbons (Fsp3) is 0.273. The molecule has 0 radical (unpaired) electrons. The quantitative estimate of drug-likeness (QED) is 0.420. The van der Waals surface area contributed by atoms with Crippen molar-refractivity contribution in [1.82, 2.24) is 4.90 Å². The number of Topliss-reactive ketones (excluding diaryl/α,β-unsaturated/α-hetero) is 1. The first kappa shape index (κ1) is 20.9. The first-order valence-electron chi connectivity index (χ1n) is 9.26. The first-order chi connectivity index (χ1) is 13.9. The van der Waals surface area contributed by atoms with Gasteiger partial charge in [-0.3, -0.25) is 9.59 Å². The maximum absolute atomic E-state index is 13.4. The summed E-state index contributed by atoms with van der Waals surface area (Å²) in [7, 11) is 1.47. The molecule has 0 bridgehead atoms. The minimum atomic E-state index is -0.829. The Hall–Kier alpha value is -2.86. The van der Waals surface area contributed by atoms with Crippen molar-refractivity contribution in [1.29, 1.82) is 0 Å². The fourth-order valence-electron chi connectivity index (χ4n) is 3.39. The summed E-state index contributed by atoms with van der Waals surface area (Å²) in [6, 6.07) is 9.35. The number of nitrogens with zero attached hydrogens (tertiary/aromatic N) is 1. The Morgan fingerprint density at radius 2 is 1.90 bits per heavy atom. The number of aliphatic hydroxyl groups is 1. The Balaban J connectivity index is 2.20. The van der Waals surface area contributed by atoms with Crippen LogP contribution in [0.25, 0.3) is 5.76 Å². The van der Waals surface area contributed by atoms with Crippen LogP contribution in [0.2, 0.25) is 5.02 Å². The zero-order chi connectivity index (χ0) is 21.1. The first-order valence-corrected chi connectivity index (χ1v) is 9.64. The number of benzene rings is 2. The van der Waals surface area contributed by atoms with Crippen LogP contribution < -0.4 is 4.74 Å². The highest BCUT2D eigenvalue weighted by atomic mass is 35.5. The molecule has 1 unspecified atom stereocenters. The Morgan fingerprint density at radius 1 is 1.21 bits per heavy atom. The van der Waals surface area contributed by atoms with Gasteiger partial charge in [0.05, 0.1) is 23.7 Å². The minimum absolute atomic E-state index is 0.0761. The number of carbonyl (C=O) groups excluding carboxylic acids is 2. The van der Waals surface area contributed by atoms with Gasteiger partial charge in [0.2, 0.25) is 0 Å². The molecule has 1 aliphatic heterocycles. The molecule has 2 aromatic rings. The van der Waals surface area contributed by atoms with Crippen molar-refractivity contribution in [2.75, 3.05) is 13.7 Å². The van der Waals surface area contributed by atoms with Gasteiger partial charge < -0.3 is 14.7 Å². The van der Waals surface area contributed by atoms with Crippen LogP contribution in [0.3, 0.4) is 0 Å². The summed E-state index contributed by atoms with van der Waals surface area (Å²) in [6.45, 7) is 2.31. The van der Waals surface area contributed by atoms with Crippen molar-refractivity contribution in [3.8, 4) is 5.75 Å². The summed E-state index contributed by atoms with van der Waals surface area (Å²) in [5, 5.41) is 11.2. The summed E-state index contributed by atoms with van der Waals surface area (Å²) in [5.41, 5.74) is 0.641. The molecule has 1 saturated heterocycles. The van der Waals surface area contributed by atoms with E-state index in [-0.39, 0.29) is 21.9 Å². The largest absolute Gasteiger partial charge is 0.507 e. The highest BCUT2D eigenvalue weighted by Crippen LogP contribution is 2.41. The van der Waals surface area contributed by atoms with Gasteiger partial charge in [-0.05, 0) is 42.3 Å². The molecule has 1 amide bonds. The number of hydrogen-bond donors (Lipinski definition) is 1. The number of rotatable bonds is 6. The second-order valence-electron chi connectivity index (χ2n) is 6.74. The minimum Gasteiger partial charge on any atom is -0.507 e. The molecule has 29 heavy (non-hydrogen) atoms. The van der Waals surface area contributed by atoms with Crippen molar-refractivity contribution >= 4 is 29.1 Å². The Bertz CT molecular complexity index is 971. The van der Waals surface area contributed by atoms with E-state index in [0.29, 0.717) is 24.3 Å². The molecular weight excluding hydrogens is 397 g/mol. The van der Waals surface area contributed by atoms with Gasteiger partial charge in [0.25, 0.3) is 11.7 Å². The van der Waals surface area contributed by atoms with E-state index >= 15 is 0 Å². The highest BCUT2D eigenvalue weighted by molar-refractivity contribution is 6.47. The summed E-state index contributed by atoms with van der Waals surface area (Å²) in [5.74, 6) is -1.88. The molecule has 1 heterocycles. The summed E-state index contributed by atoms with van der Waals surface area (Å²) in [6.07, 6.45) is 1.51. The lowest BCUT2D eigenvalue weighted by molar-refractivity contribution is -0.139. The number of likely N-dealkylation sites (tertiary alicyclic amines) is 1. The van der Waals surface area contributed by atoms with Gasteiger partial charge in [-0.15, -0.1) is 0 Å². The zero-order valence-electron chi connectivity index (χ0n) is 16.1. The molecule has 5 nitrogen and oxygen atoms in total. The van der Waals surface area contributed by atoms with Gasteiger partial charge in [-0.1, -0.05) is 37.1 Å². The lowest BCUT2D eigenvalue weighted by Gasteiger charge is -2.25. The fourth-order valence-corrected chi connectivity index (χ4v) is 3.60. The third-order valence-corrected chi connectivity index (χ3v) is 5.24. The van der Waals surface area contributed by atoms with E-state index in [1.165, 1.54) is 48.4 Å². The Morgan fingerprint density at radius 3 is 2.52 bits per heavy atom. The lowest BCUT2D eigenvalue weighted by atomic mass is 9.95. The van der Waals surface area contributed by atoms with Gasteiger partial charge in [0.1, 0.15) is 17.3 Å². The van der Waals surface area contributed by atoms with E-state index in [4.69, 9.17) is 16.3 Å². The average molecular weight is 418 g/mol. The monoisotopic (exact) mass is 417 g/mol. The predicted octanol–water partition coefficient (Wildman–Crippen LogP) is 4.71. The van der Waals surface area contributed by atoms with Gasteiger partial charge in [0.15, 0.2) is 0 Å². The van der Waals surface area contributed by atoms with E-state index in [0.717, 1.165) is 6.42 Å². The molecule has 2 aromatic carbocycles. The van der Waals surface area contributed by atoms with Crippen molar-refractivity contribution in [3.63, 3.8) is 0 Å². The number of amides is 1. The number of ether oxygens (including phenoxy) is 1. The Labute approximate surface area is 173 Å². The van der Waals surface area contributed by atoms with Gasteiger partial charge in [-0.25, -0.2) is 4.39 Å². The van der Waals surface area contributed by atoms with Crippen LogP contribution in [0.4, 0.5) is 4.39 Å². The smallest absolute Gasteiger partial charge is 0.295 e. The van der Waals surface area contributed by atoms with E-state index < -0.39 is 23.5 Å².